The highest BCUT2D eigenvalue weighted by Crippen LogP contribution is 2.36. The van der Waals surface area contributed by atoms with Crippen LogP contribution in [-0.4, -0.2) is 67.0 Å². The van der Waals surface area contributed by atoms with Crippen LogP contribution < -0.4 is 10.1 Å². The van der Waals surface area contributed by atoms with Gasteiger partial charge >= 0.3 is 0 Å². The van der Waals surface area contributed by atoms with Gasteiger partial charge in [-0.3, -0.25) is 9.89 Å². The number of carbonyl (C=O) groups excluding carboxylic acids is 1. The Morgan fingerprint density at radius 3 is 2.58 bits per heavy atom. The second-order valence-corrected chi connectivity index (χ2v) is 9.66. The number of allylic oxidation sites excluding steroid dienone is 1. The highest BCUT2D eigenvalue weighted by atomic mass is 16.5. The molecule has 40 heavy (non-hydrogen) atoms. The van der Waals surface area contributed by atoms with E-state index in [1.807, 2.05) is 29.3 Å². The summed E-state index contributed by atoms with van der Waals surface area (Å²) in [6.45, 7) is 6.58. The van der Waals surface area contributed by atoms with Gasteiger partial charge in [-0.25, -0.2) is 0 Å². The number of carbonyl (C=O) groups is 1. The zero-order chi connectivity index (χ0) is 27.6. The minimum absolute atomic E-state index is 0.0399. The number of morpholine rings is 1. The van der Waals surface area contributed by atoms with Crippen LogP contribution in [0.2, 0.25) is 0 Å². The molecule has 1 amide bonds. The van der Waals surface area contributed by atoms with Gasteiger partial charge in [0.1, 0.15) is 12.4 Å². The quantitative estimate of drug-likeness (QED) is 0.154. The maximum absolute atomic E-state index is 12.1. The van der Waals surface area contributed by atoms with Crippen molar-refractivity contribution in [3.8, 4) is 5.75 Å². The first kappa shape index (κ1) is 27.4. The lowest BCUT2D eigenvalue weighted by Gasteiger charge is -2.25. The SMILES string of the molecule is CCC(=C(c1ccc(OCCNCC=CC(=O)N2CCOCC2)cc1)c1ccc2[nH]ncc2c1)c1ccccc1. The van der Waals surface area contributed by atoms with Crippen LogP contribution in [0.4, 0.5) is 0 Å². The first-order valence-electron chi connectivity index (χ1n) is 13.9. The Hall–Kier alpha value is -4.20. The number of hydrogen-bond donors (Lipinski definition) is 2. The lowest BCUT2D eigenvalue weighted by atomic mass is 9.88. The van der Waals surface area contributed by atoms with Gasteiger partial charge in [-0.1, -0.05) is 61.5 Å². The number of fused-ring (bicyclic) bond motifs is 1. The lowest BCUT2D eigenvalue weighted by Crippen LogP contribution is -2.39. The van der Waals surface area contributed by atoms with Crippen molar-refractivity contribution in [1.82, 2.24) is 20.4 Å². The average Bonchev–Trinajstić information content (AvgIpc) is 3.49. The van der Waals surface area contributed by atoms with Gasteiger partial charge in [-0.2, -0.15) is 5.10 Å². The van der Waals surface area contributed by atoms with Crippen LogP contribution in [0.3, 0.4) is 0 Å². The van der Waals surface area contributed by atoms with E-state index in [1.165, 1.54) is 16.7 Å². The van der Waals surface area contributed by atoms with Gasteiger partial charge in [-0.15, -0.1) is 0 Å². The van der Waals surface area contributed by atoms with Crippen molar-refractivity contribution in [2.75, 3.05) is 46.0 Å². The second kappa shape index (κ2) is 13.7. The molecule has 1 aromatic heterocycles. The standard InChI is InChI=1S/C33H36N4O3/c1-2-30(25-7-4-3-5-8-25)33(27-12-15-31-28(23-27)24-35-36-31)26-10-13-29(14-11-26)40-20-17-34-16-6-9-32(38)37-18-21-39-22-19-37/h3-15,23-24,34H,2,16-22H2,1H3,(H,35,36). The van der Waals surface area contributed by atoms with E-state index >= 15 is 0 Å². The van der Waals surface area contributed by atoms with Gasteiger partial charge in [-0.05, 0) is 58.5 Å². The highest BCUT2D eigenvalue weighted by molar-refractivity contribution is 6.00. The number of aromatic nitrogens is 2. The van der Waals surface area contributed by atoms with E-state index in [0.29, 0.717) is 46.0 Å². The summed E-state index contributed by atoms with van der Waals surface area (Å²) < 4.78 is 11.3. The molecule has 2 N–H and O–H groups in total. The third kappa shape index (κ3) is 6.86. The summed E-state index contributed by atoms with van der Waals surface area (Å²) in [5, 5.41) is 11.6. The Morgan fingerprint density at radius 2 is 1.80 bits per heavy atom. The van der Waals surface area contributed by atoms with Crippen molar-refractivity contribution < 1.29 is 14.3 Å². The first-order valence-corrected chi connectivity index (χ1v) is 13.9. The molecule has 7 heteroatoms. The maximum Gasteiger partial charge on any atom is 0.246 e. The van der Waals surface area contributed by atoms with Gasteiger partial charge in [0.15, 0.2) is 0 Å². The Bertz CT molecular complexity index is 1450. The fourth-order valence-corrected chi connectivity index (χ4v) is 4.97. The topological polar surface area (TPSA) is 79.5 Å². The molecule has 1 saturated heterocycles. The van der Waals surface area contributed by atoms with Crippen molar-refractivity contribution in [2.45, 2.75) is 13.3 Å². The Balaban J connectivity index is 1.23. The summed E-state index contributed by atoms with van der Waals surface area (Å²) in [5.41, 5.74) is 7.05. The lowest BCUT2D eigenvalue weighted by molar-refractivity contribution is -0.129. The Kier molecular flexibility index (Phi) is 9.40. The molecule has 0 saturated carbocycles. The van der Waals surface area contributed by atoms with E-state index in [2.05, 4.69) is 83.1 Å². The van der Waals surface area contributed by atoms with Crippen LogP contribution in [-0.2, 0) is 9.53 Å². The third-order valence-electron chi connectivity index (χ3n) is 7.04. The molecule has 7 nitrogen and oxygen atoms in total. The number of aromatic amines is 1. The fourth-order valence-electron chi connectivity index (χ4n) is 4.97. The summed E-state index contributed by atoms with van der Waals surface area (Å²) in [6.07, 6.45) is 6.26. The molecule has 3 aromatic carbocycles. The predicted molar refractivity (Wildman–Crippen MR) is 160 cm³/mol. The minimum atomic E-state index is 0.0399. The largest absolute Gasteiger partial charge is 0.492 e. The first-order chi connectivity index (χ1) is 19.7. The molecule has 0 spiro atoms. The van der Waals surface area contributed by atoms with E-state index in [-0.39, 0.29) is 5.91 Å². The van der Waals surface area contributed by atoms with Crippen molar-refractivity contribution in [1.29, 1.82) is 0 Å². The highest BCUT2D eigenvalue weighted by Gasteiger charge is 2.15. The number of amides is 1. The van der Waals surface area contributed by atoms with Crippen LogP contribution in [0, 0.1) is 0 Å². The monoisotopic (exact) mass is 536 g/mol. The van der Waals surface area contributed by atoms with Crippen LogP contribution in [0.25, 0.3) is 22.0 Å². The number of rotatable bonds is 11. The molecule has 1 fully saturated rings. The molecule has 1 aliphatic heterocycles. The van der Waals surface area contributed by atoms with Gasteiger partial charge in [0.25, 0.3) is 0 Å². The zero-order valence-electron chi connectivity index (χ0n) is 22.9. The van der Waals surface area contributed by atoms with Gasteiger partial charge < -0.3 is 19.7 Å². The van der Waals surface area contributed by atoms with Gasteiger partial charge in [0.2, 0.25) is 5.91 Å². The average molecular weight is 537 g/mol. The van der Waals surface area contributed by atoms with Crippen molar-refractivity contribution in [3.63, 3.8) is 0 Å². The van der Waals surface area contributed by atoms with E-state index in [4.69, 9.17) is 9.47 Å². The number of nitrogens with zero attached hydrogens (tertiary/aromatic N) is 2. The van der Waals surface area contributed by atoms with Crippen LogP contribution in [0.1, 0.15) is 30.0 Å². The van der Waals surface area contributed by atoms with E-state index in [1.54, 1.807) is 6.08 Å². The molecular weight excluding hydrogens is 500 g/mol. The molecule has 0 atom stereocenters. The summed E-state index contributed by atoms with van der Waals surface area (Å²) in [4.78, 5) is 14.0. The molecule has 2 heterocycles. The molecule has 4 aromatic rings. The van der Waals surface area contributed by atoms with Crippen LogP contribution in [0.5, 0.6) is 5.75 Å². The number of ether oxygens (including phenoxy) is 2. The van der Waals surface area contributed by atoms with Crippen LogP contribution >= 0.6 is 0 Å². The van der Waals surface area contributed by atoms with E-state index in [0.717, 1.165) is 34.2 Å². The molecule has 0 unspecified atom stereocenters. The molecule has 0 aliphatic carbocycles. The summed E-state index contributed by atoms with van der Waals surface area (Å²) >= 11 is 0. The second-order valence-electron chi connectivity index (χ2n) is 9.66. The molecule has 0 radical (unpaired) electrons. The maximum atomic E-state index is 12.1. The molecule has 206 valence electrons. The molecule has 1 aliphatic rings. The minimum Gasteiger partial charge on any atom is -0.492 e. The summed E-state index contributed by atoms with van der Waals surface area (Å²) in [7, 11) is 0. The predicted octanol–water partition coefficient (Wildman–Crippen LogP) is 5.32. The van der Waals surface area contributed by atoms with Crippen molar-refractivity contribution in [2.24, 2.45) is 0 Å². The van der Waals surface area contributed by atoms with Crippen LogP contribution in [0.15, 0.2) is 91.1 Å². The zero-order valence-corrected chi connectivity index (χ0v) is 22.9. The summed E-state index contributed by atoms with van der Waals surface area (Å²) in [5.74, 6) is 0.865. The number of benzene rings is 3. The number of H-pyrrole nitrogens is 1. The normalized spacial score (nSPS) is 14.5. The van der Waals surface area contributed by atoms with E-state index in [9.17, 15) is 4.79 Å². The molecule has 0 bridgehead atoms. The number of hydrogen-bond acceptors (Lipinski definition) is 5. The third-order valence-corrected chi connectivity index (χ3v) is 7.04. The van der Waals surface area contributed by atoms with E-state index < -0.39 is 0 Å². The Morgan fingerprint density at radius 1 is 1.02 bits per heavy atom. The fraction of sp³-hybridized carbons (Fsp3) is 0.273. The van der Waals surface area contributed by atoms with Gasteiger partial charge in [0.05, 0.1) is 24.9 Å². The van der Waals surface area contributed by atoms with Crippen molar-refractivity contribution >= 4 is 28.0 Å². The summed E-state index contributed by atoms with van der Waals surface area (Å²) in [6, 6.07) is 25.4. The molecular formula is C33H36N4O3. The van der Waals surface area contributed by atoms with Gasteiger partial charge in [0, 0.05) is 37.6 Å². The Labute approximate surface area is 235 Å². The number of nitrogens with one attached hydrogen (secondary N) is 2. The smallest absolute Gasteiger partial charge is 0.246 e. The van der Waals surface area contributed by atoms with Crippen molar-refractivity contribution in [3.05, 3.63) is 108 Å². The molecule has 5 rings (SSSR count).